The smallest absolute Gasteiger partial charge is 0.262 e. The highest BCUT2D eigenvalue weighted by molar-refractivity contribution is 6.06. The monoisotopic (exact) mass is 353 g/mol. The van der Waals surface area contributed by atoms with Crippen LogP contribution in [0.4, 0.5) is 11.4 Å². The molecule has 3 rings (SSSR count). The van der Waals surface area contributed by atoms with Crippen LogP contribution < -0.4 is 20.7 Å². The van der Waals surface area contributed by atoms with Gasteiger partial charge in [0.15, 0.2) is 6.61 Å². The minimum absolute atomic E-state index is 0.0555. The number of ether oxygens (including phenoxy) is 1. The van der Waals surface area contributed by atoms with Crippen LogP contribution in [0.5, 0.6) is 5.75 Å². The molecule has 1 heterocycles. The van der Waals surface area contributed by atoms with Gasteiger partial charge in [-0.1, -0.05) is 18.2 Å². The number of carbonyl (C=O) groups excluding carboxylic acids is 3. The summed E-state index contributed by atoms with van der Waals surface area (Å²) in [5, 5.41) is 8.14. The first-order chi connectivity index (χ1) is 12.6. The van der Waals surface area contributed by atoms with Crippen molar-refractivity contribution in [2.45, 2.75) is 12.8 Å². The first-order valence-electron chi connectivity index (χ1n) is 8.23. The largest absolute Gasteiger partial charge is 0.482 e. The molecule has 2 aromatic carbocycles. The van der Waals surface area contributed by atoms with Crippen LogP contribution in [0.1, 0.15) is 22.3 Å². The maximum absolute atomic E-state index is 12.6. The van der Waals surface area contributed by atoms with Crippen LogP contribution >= 0.6 is 0 Å². The molecule has 2 aromatic rings. The van der Waals surface area contributed by atoms with Gasteiger partial charge in [-0.15, -0.1) is 0 Å². The van der Waals surface area contributed by atoms with Crippen LogP contribution in [0.15, 0.2) is 42.5 Å². The summed E-state index contributed by atoms with van der Waals surface area (Å²) in [4.78, 5) is 35.3. The Morgan fingerprint density at radius 1 is 1.19 bits per heavy atom. The van der Waals surface area contributed by atoms with Crippen molar-refractivity contribution in [3.63, 3.8) is 0 Å². The van der Waals surface area contributed by atoms with E-state index in [2.05, 4.69) is 16.0 Å². The van der Waals surface area contributed by atoms with E-state index in [1.54, 1.807) is 31.3 Å². The zero-order valence-electron chi connectivity index (χ0n) is 14.3. The van der Waals surface area contributed by atoms with Crippen molar-refractivity contribution in [3.05, 3.63) is 53.6 Å². The van der Waals surface area contributed by atoms with E-state index in [1.807, 2.05) is 18.2 Å². The Morgan fingerprint density at radius 2 is 2.00 bits per heavy atom. The fourth-order valence-electron chi connectivity index (χ4n) is 2.64. The standard InChI is InChI=1S/C19H19N3O4/c1-20-17(23)9-7-12-4-2-3-5-14(12)22-19(25)13-6-8-15-16(10-13)26-11-18(24)21-15/h2-6,8,10H,7,9,11H2,1H3,(H,20,23)(H,21,24)(H,22,25). The molecule has 3 amide bonds. The number of para-hydroxylation sites is 1. The quantitative estimate of drug-likeness (QED) is 0.765. The lowest BCUT2D eigenvalue weighted by molar-refractivity contribution is -0.120. The van der Waals surface area contributed by atoms with Crippen molar-refractivity contribution in [2.75, 3.05) is 24.3 Å². The molecule has 0 aliphatic carbocycles. The van der Waals surface area contributed by atoms with Crippen molar-refractivity contribution in [1.82, 2.24) is 5.32 Å². The van der Waals surface area contributed by atoms with Gasteiger partial charge in [-0.3, -0.25) is 14.4 Å². The Balaban J connectivity index is 1.74. The molecule has 0 unspecified atom stereocenters. The molecule has 0 radical (unpaired) electrons. The van der Waals surface area contributed by atoms with Crippen LogP contribution in [0.3, 0.4) is 0 Å². The number of rotatable bonds is 5. The second-order valence-electron chi connectivity index (χ2n) is 5.83. The molecule has 0 aromatic heterocycles. The van der Waals surface area contributed by atoms with Gasteiger partial charge in [0, 0.05) is 24.7 Å². The molecule has 1 aliphatic heterocycles. The van der Waals surface area contributed by atoms with Gasteiger partial charge in [0.2, 0.25) is 5.91 Å². The third-order valence-electron chi connectivity index (χ3n) is 4.04. The van der Waals surface area contributed by atoms with E-state index < -0.39 is 0 Å². The lowest BCUT2D eigenvalue weighted by Crippen LogP contribution is -2.25. The summed E-state index contributed by atoms with van der Waals surface area (Å²) in [7, 11) is 1.59. The lowest BCUT2D eigenvalue weighted by Gasteiger charge is -2.18. The van der Waals surface area contributed by atoms with Crippen LogP contribution in [0, 0.1) is 0 Å². The highest BCUT2D eigenvalue weighted by Crippen LogP contribution is 2.29. The summed E-state index contributed by atoms with van der Waals surface area (Å²) in [5.41, 5.74) is 2.50. The Hall–Kier alpha value is -3.35. The van der Waals surface area contributed by atoms with E-state index in [9.17, 15) is 14.4 Å². The second-order valence-corrected chi connectivity index (χ2v) is 5.83. The van der Waals surface area contributed by atoms with Crippen LogP contribution in [0.2, 0.25) is 0 Å². The fourth-order valence-corrected chi connectivity index (χ4v) is 2.64. The minimum atomic E-state index is -0.291. The van der Waals surface area contributed by atoms with Crippen molar-refractivity contribution in [1.29, 1.82) is 0 Å². The highest BCUT2D eigenvalue weighted by atomic mass is 16.5. The number of hydrogen-bond acceptors (Lipinski definition) is 4. The number of fused-ring (bicyclic) bond motifs is 1. The van der Waals surface area contributed by atoms with Gasteiger partial charge < -0.3 is 20.7 Å². The average molecular weight is 353 g/mol. The molecule has 134 valence electrons. The van der Waals surface area contributed by atoms with E-state index in [1.165, 1.54) is 0 Å². The normalized spacial score (nSPS) is 12.4. The van der Waals surface area contributed by atoms with Crippen LogP contribution in [-0.4, -0.2) is 31.4 Å². The molecular formula is C19H19N3O4. The lowest BCUT2D eigenvalue weighted by atomic mass is 10.1. The third kappa shape index (κ3) is 4.00. The molecule has 3 N–H and O–H groups in total. The number of hydrogen-bond donors (Lipinski definition) is 3. The molecule has 7 heteroatoms. The molecule has 26 heavy (non-hydrogen) atoms. The molecular weight excluding hydrogens is 334 g/mol. The number of benzene rings is 2. The summed E-state index contributed by atoms with van der Waals surface area (Å²) in [6.45, 7) is -0.0690. The van der Waals surface area contributed by atoms with Gasteiger partial charge in [-0.2, -0.15) is 0 Å². The fraction of sp³-hybridized carbons (Fsp3) is 0.211. The van der Waals surface area contributed by atoms with Crippen molar-refractivity contribution < 1.29 is 19.1 Å². The zero-order chi connectivity index (χ0) is 18.5. The summed E-state index contributed by atoms with van der Waals surface area (Å²) >= 11 is 0. The molecule has 1 aliphatic rings. The average Bonchev–Trinajstić information content (AvgIpc) is 2.66. The Labute approximate surface area is 150 Å². The predicted octanol–water partition coefficient (Wildman–Crippen LogP) is 1.95. The van der Waals surface area contributed by atoms with E-state index in [0.29, 0.717) is 35.5 Å². The van der Waals surface area contributed by atoms with Crippen LogP contribution in [-0.2, 0) is 16.0 Å². The van der Waals surface area contributed by atoms with E-state index in [-0.39, 0.29) is 24.3 Å². The van der Waals surface area contributed by atoms with Gasteiger partial charge >= 0.3 is 0 Å². The predicted molar refractivity (Wildman–Crippen MR) is 97.3 cm³/mol. The van der Waals surface area contributed by atoms with Gasteiger partial charge in [0.05, 0.1) is 5.69 Å². The Morgan fingerprint density at radius 3 is 2.81 bits per heavy atom. The molecule has 0 atom stereocenters. The maximum atomic E-state index is 12.6. The highest BCUT2D eigenvalue weighted by Gasteiger charge is 2.18. The molecule has 0 saturated carbocycles. The van der Waals surface area contributed by atoms with E-state index in [4.69, 9.17) is 4.74 Å². The minimum Gasteiger partial charge on any atom is -0.482 e. The first-order valence-corrected chi connectivity index (χ1v) is 8.23. The summed E-state index contributed by atoms with van der Waals surface area (Å²) in [6.07, 6.45) is 0.866. The molecule has 0 bridgehead atoms. The van der Waals surface area contributed by atoms with Crippen molar-refractivity contribution in [2.24, 2.45) is 0 Å². The van der Waals surface area contributed by atoms with E-state index >= 15 is 0 Å². The van der Waals surface area contributed by atoms with E-state index in [0.717, 1.165) is 5.56 Å². The topological polar surface area (TPSA) is 96.5 Å². The SMILES string of the molecule is CNC(=O)CCc1ccccc1NC(=O)c1ccc2c(c1)OCC(=O)N2. The van der Waals surface area contributed by atoms with Crippen LogP contribution in [0.25, 0.3) is 0 Å². The van der Waals surface area contributed by atoms with Gasteiger partial charge in [0.1, 0.15) is 5.75 Å². The number of aryl methyl sites for hydroxylation is 1. The summed E-state index contributed by atoms with van der Waals surface area (Å²) < 4.78 is 5.34. The number of nitrogens with one attached hydrogen (secondary N) is 3. The number of carbonyl (C=O) groups is 3. The van der Waals surface area contributed by atoms with Gasteiger partial charge in [-0.25, -0.2) is 0 Å². The zero-order valence-corrected chi connectivity index (χ0v) is 14.3. The maximum Gasteiger partial charge on any atom is 0.262 e. The third-order valence-corrected chi connectivity index (χ3v) is 4.04. The second kappa shape index (κ2) is 7.69. The Kier molecular flexibility index (Phi) is 5.17. The summed E-state index contributed by atoms with van der Waals surface area (Å²) in [6, 6.07) is 12.2. The van der Waals surface area contributed by atoms with Gasteiger partial charge in [-0.05, 0) is 36.2 Å². The number of anilines is 2. The molecule has 0 fully saturated rings. The molecule has 0 spiro atoms. The first kappa shape index (κ1) is 17.5. The molecule has 7 nitrogen and oxygen atoms in total. The number of amides is 3. The van der Waals surface area contributed by atoms with Gasteiger partial charge in [0.25, 0.3) is 11.8 Å². The van der Waals surface area contributed by atoms with Crippen molar-refractivity contribution in [3.8, 4) is 5.75 Å². The Bertz CT molecular complexity index is 864. The summed E-state index contributed by atoms with van der Waals surface area (Å²) in [5.74, 6) is -0.106. The van der Waals surface area contributed by atoms with Crippen molar-refractivity contribution >= 4 is 29.1 Å². The molecule has 0 saturated heterocycles.